The Morgan fingerprint density at radius 3 is 2.43 bits per heavy atom. The largest absolute Gasteiger partial charge is 0.374 e. The molecule has 0 bridgehead atoms. The van der Waals surface area contributed by atoms with E-state index >= 15 is 0 Å². The van der Waals surface area contributed by atoms with Crippen molar-refractivity contribution in [1.29, 1.82) is 0 Å². The first-order chi connectivity index (χ1) is 13.7. The predicted molar refractivity (Wildman–Crippen MR) is 111 cm³/mol. The number of nitrogens with one attached hydrogen (secondary N) is 2. The molecule has 0 heterocycles. The fourth-order valence-electron chi connectivity index (χ4n) is 4.22. The maximum Gasteiger partial charge on any atom is 0.226 e. The summed E-state index contributed by atoms with van der Waals surface area (Å²) in [6.45, 7) is 0.984. The normalized spacial score (nSPS) is 18.6. The minimum Gasteiger partial charge on any atom is -0.374 e. The number of hydrogen-bond acceptors (Lipinski definition) is 3. The molecule has 5 heteroatoms. The smallest absolute Gasteiger partial charge is 0.226 e. The summed E-state index contributed by atoms with van der Waals surface area (Å²) in [6.07, 6.45) is 12.3. The van der Waals surface area contributed by atoms with Gasteiger partial charge in [-0.2, -0.15) is 0 Å². The lowest BCUT2D eigenvalue weighted by molar-refractivity contribution is -0.126. The molecule has 0 unspecified atom stereocenters. The van der Waals surface area contributed by atoms with Gasteiger partial charge >= 0.3 is 0 Å². The number of rotatable bonds is 8. The lowest BCUT2D eigenvalue weighted by atomic mass is 9.89. The van der Waals surface area contributed by atoms with E-state index in [-0.39, 0.29) is 17.7 Å². The van der Waals surface area contributed by atoms with Gasteiger partial charge in [0.1, 0.15) is 0 Å². The van der Waals surface area contributed by atoms with Crippen LogP contribution in [0.1, 0.15) is 76.2 Å². The Labute approximate surface area is 168 Å². The Balaban J connectivity index is 1.36. The molecular formula is C23H34N2O3. The van der Waals surface area contributed by atoms with Gasteiger partial charge in [0.2, 0.25) is 11.8 Å². The Kier molecular flexibility index (Phi) is 8.34. The van der Waals surface area contributed by atoms with Crippen molar-refractivity contribution in [3.63, 3.8) is 0 Å². The summed E-state index contributed by atoms with van der Waals surface area (Å²) in [4.78, 5) is 24.3. The van der Waals surface area contributed by atoms with Crippen LogP contribution in [0.2, 0.25) is 0 Å². The number of benzene rings is 1. The van der Waals surface area contributed by atoms with Gasteiger partial charge < -0.3 is 15.4 Å². The molecule has 154 valence electrons. The third-order valence-corrected chi connectivity index (χ3v) is 5.88. The van der Waals surface area contributed by atoms with Gasteiger partial charge in [-0.05, 0) is 43.4 Å². The van der Waals surface area contributed by atoms with Crippen LogP contribution in [0, 0.1) is 5.92 Å². The molecule has 1 aromatic rings. The number of hydrogen-bond donors (Lipinski definition) is 2. The second-order valence-corrected chi connectivity index (χ2v) is 8.20. The van der Waals surface area contributed by atoms with Crippen molar-refractivity contribution >= 4 is 17.5 Å². The van der Waals surface area contributed by atoms with Crippen LogP contribution in [-0.4, -0.2) is 24.5 Å². The van der Waals surface area contributed by atoms with Crippen LogP contribution in [-0.2, 0) is 20.9 Å². The molecule has 2 amide bonds. The summed E-state index contributed by atoms with van der Waals surface area (Å²) in [6, 6.07) is 7.84. The van der Waals surface area contributed by atoms with E-state index in [2.05, 4.69) is 10.6 Å². The van der Waals surface area contributed by atoms with Crippen molar-refractivity contribution in [2.45, 2.75) is 83.3 Å². The Morgan fingerprint density at radius 2 is 1.68 bits per heavy atom. The first-order valence-corrected chi connectivity index (χ1v) is 11.0. The summed E-state index contributed by atoms with van der Waals surface area (Å²) in [5.41, 5.74) is 1.86. The summed E-state index contributed by atoms with van der Waals surface area (Å²) >= 11 is 0. The number of anilines is 1. The van der Waals surface area contributed by atoms with Crippen LogP contribution in [0.5, 0.6) is 0 Å². The minimum absolute atomic E-state index is 0.0747. The lowest BCUT2D eigenvalue weighted by Crippen LogP contribution is -2.34. The van der Waals surface area contributed by atoms with Gasteiger partial charge in [-0.1, -0.05) is 50.7 Å². The maximum atomic E-state index is 12.2. The van der Waals surface area contributed by atoms with Crippen molar-refractivity contribution in [3.05, 3.63) is 29.8 Å². The second kappa shape index (κ2) is 11.2. The molecule has 2 aliphatic carbocycles. The SMILES string of the molecule is O=C(CCNC(=O)C1CCCCC1)Nc1cccc(COC2CCCCC2)c1. The molecule has 2 saturated carbocycles. The molecule has 2 fully saturated rings. The van der Waals surface area contributed by atoms with Crippen LogP contribution in [0.3, 0.4) is 0 Å². The van der Waals surface area contributed by atoms with Crippen LogP contribution >= 0.6 is 0 Å². The zero-order valence-electron chi connectivity index (χ0n) is 16.9. The molecule has 0 aliphatic heterocycles. The Morgan fingerprint density at radius 1 is 0.964 bits per heavy atom. The first-order valence-electron chi connectivity index (χ1n) is 11.0. The topological polar surface area (TPSA) is 67.4 Å². The molecule has 1 aromatic carbocycles. The van der Waals surface area contributed by atoms with Crippen molar-refractivity contribution in [1.82, 2.24) is 5.32 Å². The fraction of sp³-hybridized carbons (Fsp3) is 0.652. The number of amides is 2. The van der Waals surface area contributed by atoms with E-state index in [0.717, 1.165) is 49.8 Å². The van der Waals surface area contributed by atoms with E-state index in [1.165, 1.54) is 25.7 Å². The molecular weight excluding hydrogens is 352 g/mol. The lowest BCUT2D eigenvalue weighted by Gasteiger charge is -2.22. The minimum atomic E-state index is -0.0747. The van der Waals surface area contributed by atoms with Crippen LogP contribution < -0.4 is 10.6 Å². The quantitative estimate of drug-likeness (QED) is 0.688. The third-order valence-electron chi connectivity index (χ3n) is 5.88. The van der Waals surface area contributed by atoms with Crippen LogP contribution in [0.4, 0.5) is 5.69 Å². The summed E-state index contributed by atoms with van der Waals surface area (Å²) in [7, 11) is 0. The van der Waals surface area contributed by atoms with Crippen molar-refractivity contribution in [2.24, 2.45) is 5.92 Å². The van der Waals surface area contributed by atoms with Gasteiger partial charge in [0.15, 0.2) is 0 Å². The average molecular weight is 387 g/mol. The van der Waals surface area contributed by atoms with Crippen molar-refractivity contribution in [2.75, 3.05) is 11.9 Å². The highest BCUT2D eigenvalue weighted by molar-refractivity contribution is 5.91. The number of carbonyl (C=O) groups excluding carboxylic acids is 2. The molecule has 28 heavy (non-hydrogen) atoms. The third kappa shape index (κ3) is 6.93. The molecule has 2 N–H and O–H groups in total. The number of ether oxygens (including phenoxy) is 1. The summed E-state index contributed by atoms with van der Waals surface area (Å²) in [5, 5.41) is 5.85. The summed E-state index contributed by atoms with van der Waals surface area (Å²) in [5.74, 6) is 0.168. The fourth-order valence-corrected chi connectivity index (χ4v) is 4.22. The standard InChI is InChI=1S/C23H34N2O3/c26-22(14-15-24-23(27)19-9-3-1-4-10-19)25-20-11-7-8-18(16-20)17-28-21-12-5-2-6-13-21/h7-8,11,16,19,21H,1-6,9-10,12-15,17H2,(H,24,27)(H,25,26). The molecule has 5 nitrogen and oxygen atoms in total. The molecule has 0 aromatic heterocycles. The van der Waals surface area contributed by atoms with E-state index < -0.39 is 0 Å². The Hall–Kier alpha value is -1.88. The van der Waals surface area contributed by atoms with E-state index in [9.17, 15) is 9.59 Å². The van der Waals surface area contributed by atoms with Crippen molar-refractivity contribution in [3.8, 4) is 0 Å². The van der Waals surface area contributed by atoms with Gasteiger partial charge in [0.25, 0.3) is 0 Å². The molecule has 0 spiro atoms. The molecule has 2 aliphatic rings. The van der Waals surface area contributed by atoms with E-state index in [1.54, 1.807) is 0 Å². The van der Waals surface area contributed by atoms with E-state index in [1.807, 2.05) is 24.3 Å². The second-order valence-electron chi connectivity index (χ2n) is 8.20. The highest BCUT2D eigenvalue weighted by atomic mass is 16.5. The van der Waals surface area contributed by atoms with Gasteiger partial charge in [-0.3, -0.25) is 9.59 Å². The molecule has 0 radical (unpaired) electrons. The van der Waals surface area contributed by atoms with Gasteiger partial charge in [0.05, 0.1) is 12.7 Å². The predicted octanol–water partition coefficient (Wildman–Crippen LogP) is 4.56. The summed E-state index contributed by atoms with van der Waals surface area (Å²) < 4.78 is 6.02. The number of carbonyl (C=O) groups is 2. The average Bonchev–Trinajstić information content (AvgIpc) is 2.74. The van der Waals surface area contributed by atoms with Crippen LogP contribution in [0.25, 0.3) is 0 Å². The van der Waals surface area contributed by atoms with Gasteiger partial charge in [-0.25, -0.2) is 0 Å². The zero-order chi connectivity index (χ0) is 19.6. The monoisotopic (exact) mass is 386 g/mol. The molecule has 0 saturated heterocycles. The van der Waals surface area contributed by atoms with Crippen molar-refractivity contribution < 1.29 is 14.3 Å². The molecule has 3 rings (SSSR count). The zero-order valence-corrected chi connectivity index (χ0v) is 16.9. The van der Waals surface area contributed by atoms with E-state index in [0.29, 0.717) is 25.7 Å². The van der Waals surface area contributed by atoms with Gasteiger partial charge in [0, 0.05) is 24.6 Å². The van der Waals surface area contributed by atoms with Gasteiger partial charge in [-0.15, -0.1) is 0 Å². The highest BCUT2D eigenvalue weighted by Gasteiger charge is 2.20. The Bertz CT molecular complexity index is 634. The van der Waals surface area contributed by atoms with E-state index in [4.69, 9.17) is 4.74 Å². The molecule has 0 atom stereocenters. The highest BCUT2D eigenvalue weighted by Crippen LogP contribution is 2.24. The maximum absolute atomic E-state index is 12.2. The van der Waals surface area contributed by atoms with Crippen LogP contribution in [0.15, 0.2) is 24.3 Å². The first kappa shape index (κ1) is 20.8.